The van der Waals surface area contributed by atoms with Crippen LogP contribution in [0.3, 0.4) is 0 Å². The summed E-state index contributed by atoms with van der Waals surface area (Å²) < 4.78 is 31.7. The molecule has 2 N–H and O–H groups in total. The molecule has 1 aliphatic rings. The lowest BCUT2D eigenvalue weighted by Gasteiger charge is -2.36. The van der Waals surface area contributed by atoms with E-state index in [1.54, 1.807) is 0 Å². The molecule has 0 spiro atoms. The van der Waals surface area contributed by atoms with Crippen LogP contribution in [0.15, 0.2) is 18.2 Å². The van der Waals surface area contributed by atoms with Crippen LogP contribution in [-0.4, -0.2) is 31.5 Å². The van der Waals surface area contributed by atoms with Crippen LogP contribution in [0.1, 0.15) is 31.4 Å². The second-order valence-corrected chi connectivity index (χ2v) is 5.58. The molecule has 1 aromatic carbocycles. The molecule has 0 aromatic heterocycles. The Kier molecular flexibility index (Phi) is 5.07. The monoisotopic (exact) mass is 285 g/mol. The Hall–Kier alpha value is -1.04. The minimum Gasteiger partial charge on any atom is -0.396 e. The maximum absolute atomic E-state index is 13.2. The molecule has 1 atom stereocenters. The van der Waals surface area contributed by atoms with Crippen LogP contribution in [0, 0.1) is 17.0 Å². The van der Waals surface area contributed by atoms with Gasteiger partial charge in [-0.25, -0.2) is 8.78 Å². The lowest BCUT2D eigenvalue weighted by atomic mass is 9.80. The zero-order valence-corrected chi connectivity index (χ0v) is 11.7. The Labute approximate surface area is 117 Å². The van der Waals surface area contributed by atoms with E-state index in [1.807, 2.05) is 6.92 Å². The van der Waals surface area contributed by atoms with Crippen LogP contribution in [0.4, 0.5) is 8.78 Å². The van der Waals surface area contributed by atoms with Gasteiger partial charge in [0.1, 0.15) is 11.6 Å². The first-order valence-corrected chi connectivity index (χ1v) is 6.93. The van der Waals surface area contributed by atoms with E-state index in [9.17, 15) is 13.9 Å². The fourth-order valence-corrected chi connectivity index (χ4v) is 2.51. The van der Waals surface area contributed by atoms with Crippen LogP contribution in [0.2, 0.25) is 0 Å². The van der Waals surface area contributed by atoms with Crippen LogP contribution in [0.25, 0.3) is 0 Å². The van der Waals surface area contributed by atoms with E-state index in [2.05, 4.69) is 5.32 Å². The van der Waals surface area contributed by atoms with Gasteiger partial charge in [0.2, 0.25) is 0 Å². The van der Waals surface area contributed by atoms with Crippen molar-refractivity contribution in [1.29, 1.82) is 0 Å². The molecule has 5 heteroatoms. The second kappa shape index (κ2) is 6.61. The van der Waals surface area contributed by atoms with E-state index < -0.39 is 11.6 Å². The van der Waals surface area contributed by atoms with Crippen molar-refractivity contribution >= 4 is 0 Å². The van der Waals surface area contributed by atoms with Crippen LogP contribution in [0.5, 0.6) is 0 Å². The van der Waals surface area contributed by atoms with Gasteiger partial charge in [0.15, 0.2) is 0 Å². The highest BCUT2D eigenvalue weighted by Gasteiger charge is 2.32. The third kappa shape index (κ3) is 3.75. The number of aliphatic hydroxyl groups excluding tert-OH is 1. The predicted molar refractivity (Wildman–Crippen MR) is 72.3 cm³/mol. The highest BCUT2D eigenvalue weighted by atomic mass is 19.1. The molecule has 3 nitrogen and oxygen atoms in total. The summed E-state index contributed by atoms with van der Waals surface area (Å²) in [6.45, 7) is 3.84. The van der Waals surface area contributed by atoms with Crippen LogP contribution < -0.4 is 5.32 Å². The second-order valence-electron chi connectivity index (χ2n) is 5.58. The van der Waals surface area contributed by atoms with Crippen molar-refractivity contribution in [3.05, 3.63) is 35.4 Å². The van der Waals surface area contributed by atoms with Crippen LogP contribution in [-0.2, 0) is 4.74 Å². The molecule has 20 heavy (non-hydrogen) atoms. The predicted octanol–water partition coefficient (Wildman–Crippen LogP) is 2.40. The summed E-state index contributed by atoms with van der Waals surface area (Å²) in [5.74, 6) is -1.15. The highest BCUT2D eigenvalue weighted by molar-refractivity contribution is 5.20. The highest BCUT2D eigenvalue weighted by Crippen LogP contribution is 2.30. The molecular weight excluding hydrogens is 264 g/mol. The molecule has 112 valence electrons. The van der Waals surface area contributed by atoms with Gasteiger partial charge in [0.05, 0.1) is 6.61 Å². The Morgan fingerprint density at radius 2 is 1.85 bits per heavy atom. The van der Waals surface area contributed by atoms with Gasteiger partial charge >= 0.3 is 0 Å². The third-order valence-electron chi connectivity index (χ3n) is 4.06. The Morgan fingerprint density at radius 1 is 1.25 bits per heavy atom. The zero-order valence-electron chi connectivity index (χ0n) is 11.7. The molecule has 0 bridgehead atoms. The minimum absolute atomic E-state index is 0.0909. The van der Waals surface area contributed by atoms with Gasteiger partial charge in [-0.15, -0.1) is 0 Å². The maximum atomic E-state index is 13.2. The molecule has 0 radical (unpaired) electrons. The lowest BCUT2D eigenvalue weighted by molar-refractivity contribution is -0.0163. The van der Waals surface area contributed by atoms with Gasteiger partial charge in [-0.05, 0) is 37.5 Å². The topological polar surface area (TPSA) is 41.5 Å². The average molecular weight is 285 g/mol. The molecule has 2 rings (SSSR count). The van der Waals surface area contributed by atoms with Crippen molar-refractivity contribution < 1.29 is 18.6 Å². The van der Waals surface area contributed by atoms with Gasteiger partial charge in [-0.1, -0.05) is 0 Å². The molecule has 0 saturated carbocycles. The molecule has 1 aliphatic heterocycles. The number of halogens is 2. The first-order valence-electron chi connectivity index (χ1n) is 6.93. The number of aliphatic hydroxyl groups is 1. The fourth-order valence-electron chi connectivity index (χ4n) is 2.51. The van der Waals surface area contributed by atoms with E-state index in [0.29, 0.717) is 25.3 Å². The third-order valence-corrected chi connectivity index (χ3v) is 4.06. The molecule has 1 heterocycles. The van der Waals surface area contributed by atoms with Crippen LogP contribution >= 0.6 is 0 Å². The summed E-state index contributed by atoms with van der Waals surface area (Å²) in [6, 6.07) is 3.35. The molecule has 0 aliphatic carbocycles. The van der Waals surface area contributed by atoms with Gasteiger partial charge < -0.3 is 15.2 Å². The quantitative estimate of drug-likeness (QED) is 0.873. The number of hydrogen-bond acceptors (Lipinski definition) is 3. The van der Waals surface area contributed by atoms with Crippen molar-refractivity contribution in [1.82, 2.24) is 5.32 Å². The Balaban J connectivity index is 1.98. The van der Waals surface area contributed by atoms with E-state index in [-0.39, 0.29) is 18.1 Å². The summed E-state index contributed by atoms with van der Waals surface area (Å²) in [5.41, 5.74) is 0.376. The molecule has 1 fully saturated rings. The normalized spacial score (nSPS) is 19.8. The van der Waals surface area contributed by atoms with Crippen molar-refractivity contribution in [2.45, 2.75) is 25.8 Å². The van der Waals surface area contributed by atoms with Crippen molar-refractivity contribution in [2.24, 2.45) is 5.41 Å². The summed E-state index contributed by atoms with van der Waals surface area (Å²) >= 11 is 0. The maximum Gasteiger partial charge on any atom is 0.126 e. The average Bonchev–Trinajstić information content (AvgIpc) is 2.45. The van der Waals surface area contributed by atoms with Gasteiger partial charge in [0.25, 0.3) is 0 Å². The van der Waals surface area contributed by atoms with Gasteiger partial charge in [0, 0.05) is 37.3 Å². The molecule has 1 aromatic rings. The number of ether oxygens (including phenoxy) is 1. The van der Waals surface area contributed by atoms with E-state index in [0.717, 1.165) is 18.9 Å². The number of nitrogens with one attached hydrogen (secondary N) is 1. The Morgan fingerprint density at radius 3 is 2.40 bits per heavy atom. The van der Waals surface area contributed by atoms with Gasteiger partial charge in [-0.3, -0.25) is 0 Å². The SMILES string of the molecule is CC(NCC1(CO)CCOCC1)c1cc(F)cc(F)c1. The van der Waals surface area contributed by atoms with Crippen molar-refractivity contribution in [3.63, 3.8) is 0 Å². The van der Waals surface area contributed by atoms with Crippen molar-refractivity contribution in [2.75, 3.05) is 26.4 Å². The first-order chi connectivity index (χ1) is 9.54. The van der Waals surface area contributed by atoms with E-state index in [1.165, 1.54) is 12.1 Å². The summed E-state index contributed by atoms with van der Waals surface area (Å²) in [7, 11) is 0. The molecule has 1 saturated heterocycles. The van der Waals surface area contributed by atoms with E-state index in [4.69, 9.17) is 4.74 Å². The summed E-state index contributed by atoms with van der Waals surface area (Å²) in [4.78, 5) is 0. The first kappa shape index (κ1) is 15.4. The minimum atomic E-state index is -0.573. The molecular formula is C15H21F2NO2. The summed E-state index contributed by atoms with van der Waals surface area (Å²) in [6.07, 6.45) is 1.58. The largest absolute Gasteiger partial charge is 0.396 e. The van der Waals surface area contributed by atoms with E-state index >= 15 is 0 Å². The standard InChI is InChI=1S/C15H21F2NO2/c1-11(12-6-13(16)8-14(17)7-12)18-9-15(10-19)2-4-20-5-3-15/h6-8,11,18-19H,2-5,9-10H2,1H3. The molecule has 1 unspecified atom stereocenters. The summed E-state index contributed by atoms with van der Waals surface area (Å²) in [5, 5.41) is 12.9. The van der Waals surface area contributed by atoms with Crippen molar-refractivity contribution in [3.8, 4) is 0 Å². The number of hydrogen-bond donors (Lipinski definition) is 2. The van der Waals surface area contributed by atoms with Gasteiger partial charge in [-0.2, -0.15) is 0 Å². The number of benzene rings is 1. The smallest absolute Gasteiger partial charge is 0.126 e. The fraction of sp³-hybridized carbons (Fsp3) is 0.600. The zero-order chi connectivity index (χ0) is 14.6. The Bertz CT molecular complexity index is 427. The number of rotatable bonds is 5. The molecule has 0 amide bonds. The lowest BCUT2D eigenvalue weighted by Crippen LogP contribution is -2.42.